The molecule has 0 aliphatic carbocycles. The van der Waals surface area contributed by atoms with Crippen LogP contribution in [0.15, 0.2) is 0 Å². The van der Waals surface area contributed by atoms with Crippen molar-refractivity contribution < 1.29 is 9.59 Å². The fraction of sp³-hybridized carbons (Fsp3) is 0.875. The Balaban J connectivity index is 2.33. The first-order valence-corrected chi connectivity index (χ1v) is 8.15. The van der Waals surface area contributed by atoms with Gasteiger partial charge < -0.3 is 9.80 Å². The van der Waals surface area contributed by atoms with E-state index in [9.17, 15) is 9.59 Å². The zero-order valence-electron chi connectivity index (χ0n) is 13.3. The fourth-order valence-corrected chi connectivity index (χ4v) is 3.77. The first-order valence-electron chi connectivity index (χ1n) is 8.15. The summed E-state index contributed by atoms with van der Waals surface area (Å²) in [4.78, 5) is 29.4. The quantitative estimate of drug-likeness (QED) is 0.776. The van der Waals surface area contributed by atoms with Gasteiger partial charge in [-0.3, -0.25) is 9.59 Å². The molecule has 3 atom stereocenters. The summed E-state index contributed by atoms with van der Waals surface area (Å²) >= 11 is 0. The van der Waals surface area contributed by atoms with E-state index in [-0.39, 0.29) is 35.9 Å². The molecule has 2 aliphatic rings. The highest BCUT2D eigenvalue weighted by molar-refractivity contribution is 5.97. The molecule has 0 bridgehead atoms. The van der Waals surface area contributed by atoms with E-state index in [1.165, 1.54) is 0 Å². The number of carbonyl (C=O) groups is 2. The molecule has 0 aromatic rings. The topological polar surface area (TPSA) is 40.6 Å². The molecule has 4 nitrogen and oxygen atoms in total. The molecule has 2 aliphatic heterocycles. The molecule has 2 fully saturated rings. The number of piperazine rings is 1. The van der Waals surface area contributed by atoms with Gasteiger partial charge in [0.05, 0.1) is 0 Å². The van der Waals surface area contributed by atoms with E-state index in [4.69, 9.17) is 0 Å². The maximum atomic E-state index is 12.9. The lowest BCUT2D eigenvalue weighted by atomic mass is 9.92. The number of carbonyl (C=O) groups excluding carboxylic acids is 2. The van der Waals surface area contributed by atoms with Crippen molar-refractivity contribution in [2.45, 2.75) is 77.9 Å². The number of amides is 2. The average Bonchev–Trinajstić information content (AvgIpc) is 2.89. The van der Waals surface area contributed by atoms with Crippen LogP contribution in [0.25, 0.3) is 0 Å². The molecule has 20 heavy (non-hydrogen) atoms. The molecule has 2 heterocycles. The molecule has 2 amide bonds. The van der Waals surface area contributed by atoms with E-state index in [1.54, 1.807) is 0 Å². The number of hydrogen-bond donors (Lipinski definition) is 0. The lowest BCUT2D eigenvalue weighted by molar-refractivity contribution is -0.164. The van der Waals surface area contributed by atoms with Crippen LogP contribution in [0.1, 0.15) is 59.8 Å². The van der Waals surface area contributed by atoms with Crippen LogP contribution < -0.4 is 0 Å². The summed E-state index contributed by atoms with van der Waals surface area (Å²) in [5.41, 5.74) is 0. The molecular weight excluding hydrogens is 252 g/mol. The Bertz CT molecular complexity index is 381. The Kier molecular flexibility index (Phi) is 4.71. The van der Waals surface area contributed by atoms with Crippen molar-refractivity contribution in [1.29, 1.82) is 0 Å². The maximum Gasteiger partial charge on any atom is 0.246 e. The standard InChI is InChI=1S/C16H28N2O2/c1-5-8-12(6-2)18-14(11(3)4)16(20)17-10-7-9-13(17)15(18)19/h11-14H,5-10H2,1-4H3. The lowest BCUT2D eigenvalue weighted by Gasteiger charge is -2.47. The Labute approximate surface area is 122 Å². The molecule has 2 saturated heterocycles. The molecule has 4 heteroatoms. The average molecular weight is 280 g/mol. The molecule has 2 rings (SSSR count). The zero-order chi connectivity index (χ0) is 14.9. The molecular formula is C16H28N2O2. The second-order valence-corrected chi connectivity index (χ2v) is 6.47. The van der Waals surface area contributed by atoms with Gasteiger partial charge in [-0.15, -0.1) is 0 Å². The van der Waals surface area contributed by atoms with Gasteiger partial charge in [0, 0.05) is 12.6 Å². The smallest absolute Gasteiger partial charge is 0.246 e. The van der Waals surface area contributed by atoms with Crippen LogP contribution in [0.2, 0.25) is 0 Å². The van der Waals surface area contributed by atoms with Gasteiger partial charge in [0.1, 0.15) is 12.1 Å². The third kappa shape index (κ3) is 2.45. The second kappa shape index (κ2) is 6.15. The van der Waals surface area contributed by atoms with Gasteiger partial charge in [-0.05, 0) is 31.6 Å². The Morgan fingerprint density at radius 3 is 2.45 bits per heavy atom. The molecule has 114 valence electrons. The molecule has 0 aromatic heterocycles. The van der Waals surface area contributed by atoms with E-state index >= 15 is 0 Å². The molecule has 0 radical (unpaired) electrons. The zero-order valence-corrected chi connectivity index (χ0v) is 13.3. The van der Waals surface area contributed by atoms with Crippen molar-refractivity contribution in [3.8, 4) is 0 Å². The lowest BCUT2D eigenvalue weighted by Crippen LogP contribution is -2.66. The number of hydrogen-bond acceptors (Lipinski definition) is 2. The second-order valence-electron chi connectivity index (χ2n) is 6.47. The summed E-state index contributed by atoms with van der Waals surface area (Å²) in [6.45, 7) is 9.13. The van der Waals surface area contributed by atoms with E-state index in [2.05, 4.69) is 27.7 Å². The van der Waals surface area contributed by atoms with Crippen molar-refractivity contribution in [1.82, 2.24) is 9.80 Å². The van der Waals surface area contributed by atoms with Crippen LogP contribution in [0.5, 0.6) is 0 Å². The van der Waals surface area contributed by atoms with E-state index < -0.39 is 0 Å². The Hall–Kier alpha value is -1.06. The van der Waals surface area contributed by atoms with Crippen molar-refractivity contribution >= 4 is 11.8 Å². The van der Waals surface area contributed by atoms with Crippen molar-refractivity contribution in [3.05, 3.63) is 0 Å². The third-order valence-electron chi connectivity index (χ3n) is 4.75. The van der Waals surface area contributed by atoms with Gasteiger partial charge in [-0.1, -0.05) is 34.1 Å². The van der Waals surface area contributed by atoms with Crippen LogP contribution >= 0.6 is 0 Å². The molecule has 0 spiro atoms. The van der Waals surface area contributed by atoms with Crippen LogP contribution in [0.3, 0.4) is 0 Å². The summed E-state index contributed by atoms with van der Waals surface area (Å²) in [5.74, 6) is 0.552. The summed E-state index contributed by atoms with van der Waals surface area (Å²) < 4.78 is 0. The highest BCUT2D eigenvalue weighted by Crippen LogP contribution is 2.32. The van der Waals surface area contributed by atoms with E-state index in [0.717, 1.165) is 38.6 Å². The van der Waals surface area contributed by atoms with Crippen molar-refractivity contribution in [2.24, 2.45) is 5.92 Å². The van der Waals surface area contributed by atoms with Crippen molar-refractivity contribution in [3.63, 3.8) is 0 Å². The van der Waals surface area contributed by atoms with Crippen LogP contribution in [-0.4, -0.2) is 46.3 Å². The summed E-state index contributed by atoms with van der Waals surface area (Å²) in [5, 5.41) is 0. The van der Waals surface area contributed by atoms with E-state index in [1.807, 2.05) is 9.80 Å². The normalized spacial score (nSPS) is 28.2. The number of rotatable bonds is 5. The van der Waals surface area contributed by atoms with Gasteiger partial charge in [-0.25, -0.2) is 0 Å². The minimum absolute atomic E-state index is 0.177. The summed E-state index contributed by atoms with van der Waals surface area (Å²) in [7, 11) is 0. The van der Waals surface area contributed by atoms with Gasteiger partial charge in [0.15, 0.2) is 0 Å². The number of nitrogens with zero attached hydrogens (tertiary/aromatic N) is 2. The summed E-state index contributed by atoms with van der Waals surface area (Å²) in [6.07, 6.45) is 4.78. The molecule has 0 aromatic carbocycles. The van der Waals surface area contributed by atoms with Crippen LogP contribution in [-0.2, 0) is 9.59 Å². The summed E-state index contributed by atoms with van der Waals surface area (Å²) in [6, 6.07) is -0.219. The van der Waals surface area contributed by atoms with E-state index in [0.29, 0.717) is 0 Å². The third-order valence-corrected chi connectivity index (χ3v) is 4.75. The first-order chi connectivity index (χ1) is 9.52. The largest absolute Gasteiger partial charge is 0.329 e. The molecule has 3 unspecified atom stereocenters. The minimum Gasteiger partial charge on any atom is -0.329 e. The van der Waals surface area contributed by atoms with Gasteiger partial charge in [-0.2, -0.15) is 0 Å². The number of fused-ring (bicyclic) bond motifs is 1. The van der Waals surface area contributed by atoms with Crippen LogP contribution in [0, 0.1) is 5.92 Å². The predicted molar refractivity (Wildman–Crippen MR) is 79.2 cm³/mol. The Morgan fingerprint density at radius 1 is 1.20 bits per heavy atom. The maximum absolute atomic E-state index is 12.9. The van der Waals surface area contributed by atoms with Gasteiger partial charge in [0.2, 0.25) is 11.8 Å². The van der Waals surface area contributed by atoms with Gasteiger partial charge >= 0.3 is 0 Å². The monoisotopic (exact) mass is 280 g/mol. The highest BCUT2D eigenvalue weighted by atomic mass is 16.2. The van der Waals surface area contributed by atoms with Gasteiger partial charge in [0.25, 0.3) is 0 Å². The SMILES string of the molecule is CCCC(CC)N1C(=O)C2CCCN2C(=O)C1C(C)C. The molecule has 0 N–H and O–H groups in total. The van der Waals surface area contributed by atoms with Crippen molar-refractivity contribution in [2.75, 3.05) is 6.54 Å². The predicted octanol–water partition coefficient (Wildman–Crippen LogP) is 2.42. The molecule has 0 saturated carbocycles. The fourth-order valence-electron chi connectivity index (χ4n) is 3.77. The Morgan fingerprint density at radius 2 is 1.90 bits per heavy atom. The highest BCUT2D eigenvalue weighted by Gasteiger charge is 2.50. The first kappa shape index (κ1) is 15.3. The minimum atomic E-state index is -0.256. The van der Waals surface area contributed by atoms with Crippen LogP contribution in [0.4, 0.5) is 0 Å².